The second-order valence-corrected chi connectivity index (χ2v) is 6.44. The van der Waals surface area contributed by atoms with Crippen LogP contribution in [0.3, 0.4) is 0 Å². The number of nitrogens with zero attached hydrogens (tertiary/aromatic N) is 1. The van der Waals surface area contributed by atoms with E-state index in [1.807, 2.05) is 0 Å². The Balaban J connectivity index is 2.53. The Hall–Kier alpha value is -1.38. The van der Waals surface area contributed by atoms with E-state index in [1.165, 1.54) is 18.3 Å². The number of furan rings is 1. The number of ether oxygens (including phenoxy) is 1. The summed E-state index contributed by atoms with van der Waals surface area (Å²) in [6, 6.07) is 0. The molecule has 20 heavy (non-hydrogen) atoms. The van der Waals surface area contributed by atoms with E-state index in [2.05, 4.69) is 10.1 Å². The second-order valence-electron chi connectivity index (χ2n) is 4.56. The minimum absolute atomic E-state index is 0.0106. The third-order valence-electron chi connectivity index (χ3n) is 3.27. The number of hydrogen-bond acceptors (Lipinski definition) is 6. The fourth-order valence-corrected chi connectivity index (χ4v) is 4.14. The summed E-state index contributed by atoms with van der Waals surface area (Å²) < 4.78 is 36.7. The van der Waals surface area contributed by atoms with E-state index in [0.717, 1.165) is 0 Å². The third kappa shape index (κ3) is 2.46. The average molecular weight is 302 g/mol. The zero-order chi connectivity index (χ0) is 14.9. The highest BCUT2D eigenvalue weighted by molar-refractivity contribution is 7.89. The van der Waals surface area contributed by atoms with E-state index < -0.39 is 16.0 Å². The van der Waals surface area contributed by atoms with Gasteiger partial charge in [-0.05, 0) is 13.8 Å². The van der Waals surface area contributed by atoms with Crippen LogP contribution < -0.4 is 5.32 Å². The van der Waals surface area contributed by atoms with Crippen LogP contribution in [-0.2, 0) is 14.8 Å². The average Bonchev–Trinajstić information content (AvgIpc) is 2.74. The lowest BCUT2D eigenvalue weighted by Gasteiger charge is -2.26. The Morgan fingerprint density at radius 2 is 1.85 bits per heavy atom. The Bertz CT molecular complexity index is 614. The topological polar surface area (TPSA) is 88.8 Å². The molecule has 1 aliphatic heterocycles. The summed E-state index contributed by atoms with van der Waals surface area (Å²) in [5, 5.41) is 3.09. The first kappa shape index (κ1) is 15.0. The molecule has 112 valence electrons. The molecule has 0 atom stereocenters. The fraction of sp³-hybridized carbons (Fsp3) is 0.583. The third-order valence-corrected chi connectivity index (χ3v) is 5.32. The standard InChI is InChI=1S/C12H18N2O5S/c1-8-10(12(15)18-3)11(9(2)19-8)20(16,17)14-6-4-13-5-7-14/h13H,4-7H2,1-3H3. The quantitative estimate of drug-likeness (QED) is 0.807. The molecule has 1 aliphatic rings. The first-order valence-electron chi connectivity index (χ1n) is 6.28. The summed E-state index contributed by atoms with van der Waals surface area (Å²) in [4.78, 5) is 11.7. The van der Waals surface area contributed by atoms with Crippen molar-refractivity contribution in [3.63, 3.8) is 0 Å². The highest BCUT2D eigenvalue weighted by Gasteiger charge is 2.36. The van der Waals surface area contributed by atoms with Gasteiger partial charge in [0.2, 0.25) is 10.0 Å². The van der Waals surface area contributed by atoms with E-state index in [0.29, 0.717) is 26.2 Å². The van der Waals surface area contributed by atoms with Gasteiger partial charge < -0.3 is 14.5 Å². The summed E-state index contributed by atoms with van der Waals surface area (Å²) in [6.45, 7) is 5.00. The molecule has 0 unspecified atom stereocenters. The van der Waals surface area contributed by atoms with E-state index >= 15 is 0 Å². The minimum atomic E-state index is -3.76. The molecule has 1 N–H and O–H groups in total. The van der Waals surface area contributed by atoms with E-state index in [1.54, 1.807) is 6.92 Å². The van der Waals surface area contributed by atoms with Crippen molar-refractivity contribution in [2.45, 2.75) is 18.7 Å². The number of sulfonamides is 1. The van der Waals surface area contributed by atoms with Gasteiger partial charge in [-0.1, -0.05) is 0 Å². The summed E-state index contributed by atoms with van der Waals surface area (Å²) in [6.07, 6.45) is 0. The molecule has 1 aromatic rings. The molecule has 0 spiro atoms. The van der Waals surface area contributed by atoms with Gasteiger partial charge >= 0.3 is 5.97 Å². The van der Waals surface area contributed by atoms with Crippen LogP contribution in [0.25, 0.3) is 0 Å². The lowest BCUT2D eigenvalue weighted by Crippen LogP contribution is -2.46. The molecule has 1 fully saturated rings. The SMILES string of the molecule is COC(=O)c1c(C)oc(C)c1S(=O)(=O)N1CCNCC1. The number of carbonyl (C=O) groups is 1. The highest BCUT2D eigenvalue weighted by Crippen LogP contribution is 2.29. The molecule has 0 saturated carbocycles. The lowest BCUT2D eigenvalue weighted by molar-refractivity contribution is 0.0594. The van der Waals surface area contributed by atoms with Crippen molar-refractivity contribution in [2.75, 3.05) is 33.3 Å². The summed E-state index contributed by atoms with van der Waals surface area (Å²) in [5.41, 5.74) is -0.0106. The van der Waals surface area contributed by atoms with Gasteiger partial charge in [0.25, 0.3) is 0 Å². The maximum Gasteiger partial charge on any atom is 0.342 e. The van der Waals surface area contributed by atoms with Crippen LogP contribution >= 0.6 is 0 Å². The largest absolute Gasteiger partial charge is 0.465 e. The number of hydrogen-bond donors (Lipinski definition) is 1. The molecule has 2 heterocycles. The number of rotatable bonds is 3. The smallest absolute Gasteiger partial charge is 0.342 e. The predicted octanol–water partition coefficient (Wildman–Crippen LogP) is 0.277. The number of aryl methyl sites for hydroxylation is 2. The van der Waals surface area contributed by atoms with Gasteiger partial charge in [-0.25, -0.2) is 13.2 Å². The Kier molecular flexibility index (Phi) is 4.17. The molecule has 7 nitrogen and oxygen atoms in total. The number of piperazine rings is 1. The van der Waals surface area contributed by atoms with E-state index in [-0.39, 0.29) is 22.0 Å². The van der Waals surface area contributed by atoms with Crippen LogP contribution in [0.1, 0.15) is 21.9 Å². The summed E-state index contributed by atoms with van der Waals surface area (Å²) >= 11 is 0. The van der Waals surface area contributed by atoms with E-state index in [9.17, 15) is 13.2 Å². The van der Waals surface area contributed by atoms with Crippen LogP contribution in [0.4, 0.5) is 0 Å². The van der Waals surface area contributed by atoms with Crippen LogP contribution in [0.2, 0.25) is 0 Å². The van der Waals surface area contributed by atoms with Crippen LogP contribution in [0.5, 0.6) is 0 Å². The van der Waals surface area contributed by atoms with Crippen molar-refractivity contribution >= 4 is 16.0 Å². The fourth-order valence-electron chi connectivity index (χ4n) is 2.33. The minimum Gasteiger partial charge on any atom is -0.465 e. The Morgan fingerprint density at radius 3 is 2.40 bits per heavy atom. The van der Waals surface area contributed by atoms with E-state index in [4.69, 9.17) is 4.42 Å². The summed E-state index contributed by atoms with van der Waals surface area (Å²) in [7, 11) is -2.55. The summed E-state index contributed by atoms with van der Waals surface area (Å²) in [5.74, 6) is -0.238. The highest BCUT2D eigenvalue weighted by atomic mass is 32.2. The van der Waals surface area contributed by atoms with Gasteiger partial charge in [-0.2, -0.15) is 4.31 Å². The second kappa shape index (κ2) is 5.55. The van der Waals surface area contributed by atoms with Crippen molar-refractivity contribution in [3.05, 3.63) is 17.1 Å². The van der Waals surface area contributed by atoms with Gasteiger partial charge in [0.15, 0.2) is 0 Å². The molecule has 0 aliphatic carbocycles. The first-order valence-corrected chi connectivity index (χ1v) is 7.72. The normalized spacial score (nSPS) is 17.1. The van der Waals surface area contributed by atoms with Gasteiger partial charge in [-0.15, -0.1) is 0 Å². The van der Waals surface area contributed by atoms with Crippen molar-refractivity contribution in [3.8, 4) is 0 Å². The number of carbonyl (C=O) groups excluding carboxylic acids is 1. The molecule has 0 aromatic carbocycles. The maximum absolute atomic E-state index is 12.7. The van der Waals surface area contributed by atoms with Crippen LogP contribution in [0, 0.1) is 13.8 Å². The predicted molar refractivity (Wildman–Crippen MR) is 71.2 cm³/mol. The molecule has 8 heteroatoms. The van der Waals surface area contributed by atoms with Gasteiger partial charge in [0, 0.05) is 26.2 Å². The van der Waals surface area contributed by atoms with Crippen LogP contribution in [-0.4, -0.2) is 52.0 Å². The van der Waals surface area contributed by atoms with Gasteiger partial charge in [-0.3, -0.25) is 0 Å². The Labute approximate surface area is 117 Å². The molecule has 2 rings (SSSR count). The first-order chi connectivity index (χ1) is 9.39. The number of nitrogens with one attached hydrogen (secondary N) is 1. The molecule has 1 saturated heterocycles. The molecule has 0 bridgehead atoms. The van der Waals surface area contributed by atoms with Gasteiger partial charge in [0.1, 0.15) is 22.0 Å². The zero-order valence-corrected chi connectivity index (χ0v) is 12.5. The van der Waals surface area contributed by atoms with Gasteiger partial charge in [0.05, 0.1) is 7.11 Å². The van der Waals surface area contributed by atoms with Crippen LogP contribution in [0.15, 0.2) is 9.31 Å². The number of methoxy groups -OCH3 is 1. The molecule has 0 amide bonds. The molecular formula is C12H18N2O5S. The Morgan fingerprint density at radius 1 is 1.25 bits per heavy atom. The molecule has 0 radical (unpaired) electrons. The number of esters is 1. The lowest BCUT2D eigenvalue weighted by atomic mass is 10.2. The molecular weight excluding hydrogens is 284 g/mol. The molecule has 1 aromatic heterocycles. The monoisotopic (exact) mass is 302 g/mol. The zero-order valence-electron chi connectivity index (χ0n) is 11.7. The van der Waals surface area contributed by atoms with Crippen molar-refractivity contribution in [1.29, 1.82) is 0 Å². The van der Waals surface area contributed by atoms with Crippen molar-refractivity contribution < 1.29 is 22.4 Å². The van der Waals surface area contributed by atoms with Crippen molar-refractivity contribution in [2.24, 2.45) is 0 Å². The maximum atomic E-state index is 12.7. The van der Waals surface area contributed by atoms with Crippen molar-refractivity contribution in [1.82, 2.24) is 9.62 Å².